The molecule has 2 aromatic carbocycles. The van der Waals surface area contributed by atoms with Crippen molar-refractivity contribution in [1.29, 1.82) is 0 Å². The van der Waals surface area contributed by atoms with Crippen LogP contribution in [0.3, 0.4) is 0 Å². The molecule has 27 heavy (non-hydrogen) atoms. The maximum absolute atomic E-state index is 14.3. The first-order chi connectivity index (χ1) is 12.9. The molecule has 0 saturated carbocycles. The van der Waals surface area contributed by atoms with Crippen LogP contribution in [0.5, 0.6) is 17.2 Å². The summed E-state index contributed by atoms with van der Waals surface area (Å²) < 4.78 is 67.1. The van der Waals surface area contributed by atoms with Gasteiger partial charge in [0.2, 0.25) is 17.4 Å². The van der Waals surface area contributed by atoms with Crippen molar-refractivity contribution in [2.45, 2.75) is 13.8 Å². The van der Waals surface area contributed by atoms with Gasteiger partial charge in [-0.1, -0.05) is 0 Å². The molecular weight excluding hydrogens is 362 g/mol. The van der Waals surface area contributed by atoms with Gasteiger partial charge in [0.25, 0.3) is 0 Å². The van der Waals surface area contributed by atoms with Gasteiger partial charge in [0.05, 0.1) is 32.3 Å². The summed E-state index contributed by atoms with van der Waals surface area (Å²) >= 11 is 0. The molecule has 0 aliphatic carbocycles. The van der Waals surface area contributed by atoms with Crippen molar-refractivity contribution >= 4 is 6.08 Å². The largest absolute Gasteiger partial charge is 0.497 e. The lowest BCUT2D eigenvalue weighted by Crippen LogP contribution is -3.11. The van der Waals surface area contributed by atoms with Crippen molar-refractivity contribution < 1.29 is 31.9 Å². The van der Waals surface area contributed by atoms with Gasteiger partial charge in [-0.2, -0.15) is 8.78 Å². The van der Waals surface area contributed by atoms with E-state index in [-0.39, 0.29) is 5.75 Å². The van der Waals surface area contributed by atoms with Crippen LogP contribution in [-0.4, -0.2) is 26.7 Å². The molecule has 0 radical (unpaired) electrons. The van der Waals surface area contributed by atoms with Crippen molar-refractivity contribution in [3.8, 4) is 17.2 Å². The van der Waals surface area contributed by atoms with E-state index in [1.807, 2.05) is 13.8 Å². The molecule has 2 aromatic rings. The van der Waals surface area contributed by atoms with E-state index in [1.54, 1.807) is 0 Å². The number of benzene rings is 2. The molecule has 0 saturated heterocycles. The quantitative estimate of drug-likeness (QED) is 0.550. The number of hydrogen-bond donors (Lipinski definition) is 1. The lowest BCUT2D eigenvalue weighted by molar-refractivity contribution is -0.890. The van der Waals surface area contributed by atoms with Crippen molar-refractivity contribution in [2.24, 2.45) is 0 Å². The first-order valence-corrected chi connectivity index (χ1v) is 8.60. The summed E-state index contributed by atoms with van der Waals surface area (Å²) in [7, 11) is 1.45. The predicted octanol–water partition coefficient (Wildman–Crippen LogP) is 3.98. The molecule has 3 nitrogen and oxygen atoms in total. The van der Waals surface area contributed by atoms with Gasteiger partial charge in [0.15, 0.2) is 11.6 Å². The van der Waals surface area contributed by atoms with Crippen LogP contribution in [0, 0.1) is 23.3 Å². The number of nitrogens with one attached hydrogen (secondary N) is 1. The highest BCUT2D eigenvalue weighted by Crippen LogP contribution is 2.34. The van der Waals surface area contributed by atoms with E-state index in [4.69, 9.17) is 9.47 Å². The molecular formula is C20H22F4NO2+. The monoisotopic (exact) mass is 384 g/mol. The third-order valence-corrected chi connectivity index (χ3v) is 4.23. The zero-order valence-electron chi connectivity index (χ0n) is 15.4. The Morgan fingerprint density at radius 1 is 0.852 bits per heavy atom. The van der Waals surface area contributed by atoms with E-state index in [0.717, 1.165) is 24.1 Å². The summed E-state index contributed by atoms with van der Waals surface area (Å²) in [5, 5.41) is 0. The molecule has 0 aromatic heterocycles. The van der Waals surface area contributed by atoms with Gasteiger partial charge in [-0.3, -0.25) is 0 Å². The smallest absolute Gasteiger partial charge is 0.205 e. The van der Waals surface area contributed by atoms with Crippen molar-refractivity contribution in [2.75, 3.05) is 26.7 Å². The van der Waals surface area contributed by atoms with Gasteiger partial charge >= 0.3 is 0 Å². The van der Waals surface area contributed by atoms with E-state index in [1.165, 1.54) is 37.5 Å². The lowest BCUT2D eigenvalue weighted by Gasteiger charge is -2.13. The number of likely N-dealkylation sites (N-methyl/N-ethyl adjacent to an activating group) is 1. The highest BCUT2D eigenvalue weighted by Gasteiger charge is 2.26. The van der Waals surface area contributed by atoms with E-state index < -0.39 is 34.6 Å². The molecule has 0 spiro atoms. The predicted molar refractivity (Wildman–Crippen MR) is 95.3 cm³/mol. The average Bonchev–Trinajstić information content (AvgIpc) is 2.70. The van der Waals surface area contributed by atoms with E-state index in [9.17, 15) is 17.6 Å². The molecule has 2 rings (SSSR count). The minimum Gasteiger partial charge on any atom is -0.497 e. The lowest BCUT2D eigenvalue weighted by atomic mass is 10.1. The maximum Gasteiger partial charge on any atom is 0.205 e. The number of hydrogen-bond acceptors (Lipinski definition) is 2. The van der Waals surface area contributed by atoms with Gasteiger partial charge in [-0.25, -0.2) is 8.78 Å². The fourth-order valence-corrected chi connectivity index (χ4v) is 2.51. The molecule has 0 bridgehead atoms. The normalized spacial score (nSPS) is 11.4. The maximum atomic E-state index is 14.3. The topological polar surface area (TPSA) is 22.9 Å². The van der Waals surface area contributed by atoms with Crippen molar-refractivity contribution in [3.63, 3.8) is 0 Å². The first-order valence-electron chi connectivity index (χ1n) is 8.60. The minimum absolute atomic E-state index is 0.0147. The molecule has 0 heterocycles. The molecule has 146 valence electrons. The Balaban J connectivity index is 2.32. The summed E-state index contributed by atoms with van der Waals surface area (Å²) in [6.45, 7) is 6.07. The Kier molecular flexibility index (Phi) is 7.24. The van der Waals surface area contributed by atoms with Crippen LogP contribution < -0.4 is 14.4 Å². The summed E-state index contributed by atoms with van der Waals surface area (Å²) in [5.74, 6) is -6.77. The Labute approximate surface area is 155 Å². The fraction of sp³-hybridized carbons (Fsp3) is 0.300. The number of rotatable bonds is 8. The highest BCUT2D eigenvalue weighted by atomic mass is 19.2. The summed E-state index contributed by atoms with van der Waals surface area (Å²) in [6, 6.07) is 5.72. The van der Waals surface area contributed by atoms with Crippen LogP contribution in [0.1, 0.15) is 19.4 Å². The standard InChI is InChI=1S/C20H21F4NO2/c1-4-25(5-2)12-6-7-15-16(21)18(23)20(19(24)17(15)22)27-14-10-8-13(26-3)9-11-14/h6-11H,4-5,12H2,1-3H3/p+1/b7-6+. The van der Waals surface area contributed by atoms with Crippen molar-refractivity contribution in [3.05, 3.63) is 59.2 Å². The molecule has 0 aliphatic rings. The third kappa shape index (κ3) is 4.80. The third-order valence-electron chi connectivity index (χ3n) is 4.23. The average molecular weight is 384 g/mol. The Bertz CT molecular complexity index is 774. The number of ether oxygens (including phenoxy) is 2. The number of quaternary nitrogens is 1. The van der Waals surface area contributed by atoms with E-state index >= 15 is 0 Å². The molecule has 0 unspecified atom stereocenters. The summed E-state index contributed by atoms with van der Waals surface area (Å²) in [5.41, 5.74) is -0.765. The van der Waals surface area contributed by atoms with Gasteiger partial charge in [-0.15, -0.1) is 0 Å². The second-order valence-electron chi connectivity index (χ2n) is 5.84. The van der Waals surface area contributed by atoms with Crippen LogP contribution in [0.25, 0.3) is 6.08 Å². The Hall–Kier alpha value is -2.54. The molecule has 0 atom stereocenters. The second-order valence-corrected chi connectivity index (χ2v) is 5.84. The van der Waals surface area contributed by atoms with Gasteiger partial charge in [0.1, 0.15) is 11.5 Å². The van der Waals surface area contributed by atoms with E-state index in [0.29, 0.717) is 12.3 Å². The highest BCUT2D eigenvalue weighted by molar-refractivity contribution is 5.54. The fourth-order valence-electron chi connectivity index (χ4n) is 2.51. The van der Waals surface area contributed by atoms with Crippen LogP contribution in [0.2, 0.25) is 0 Å². The number of methoxy groups -OCH3 is 1. The molecule has 0 fully saturated rings. The molecule has 0 amide bonds. The molecule has 0 aliphatic heterocycles. The van der Waals surface area contributed by atoms with Crippen LogP contribution in [0.4, 0.5) is 17.6 Å². The van der Waals surface area contributed by atoms with E-state index in [2.05, 4.69) is 0 Å². The zero-order chi connectivity index (χ0) is 20.0. The van der Waals surface area contributed by atoms with Gasteiger partial charge in [0, 0.05) is 0 Å². The SMILES string of the molecule is CC[NH+](CC)C/C=C/c1c(F)c(F)c(Oc2ccc(OC)cc2)c(F)c1F. The van der Waals surface area contributed by atoms with Crippen LogP contribution in [-0.2, 0) is 0 Å². The molecule has 7 heteroatoms. The van der Waals surface area contributed by atoms with Crippen molar-refractivity contribution in [1.82, 2.24) is 0 Å². The zero-order valence-corrected chi connectivity index (χ0v) is 15.4. The number of halogens is 4. The minimum atomic E-state index is -1.58. The van der Waals surface area contributed by atoms with Gasteiger partial charge in [-0.05, 0) is 50.3 Å². The Morgan fingerprint density at radius 3 is 1.85 bits per heavy atom. The van der Waals surface area contributed by atoms with Crippen LogP contribution in [0.15, 0.2) is 30.3 Å². The first kappa shape index (κ1) is 20.8. The van der Waals surface area contributed by atoms with Crippen LogP contribution >= 0.6 is 0 Å². The molecule has 1 N–H and O–H groups in total. The summed E-state index contributed by atoms with van der Waals surface area (Å²) in [4.78, 5) is 1.16. The Morgan fingerprint density at radius 2 is 1.37 bits per heavy atom. The second kappa shape index (κ2) is 9.41. The van der Waals surface area contributed by atoms with Gasteiger partial charge < -0.3 is 14.4 Å². The summed E-state index contributed by atoms with van der Waals surface area (Å²) in [6.07, 6.45) is 2.55.